The maximum atomic E-state index is 6.35. The zero-order chi connectivity index (χ0) is 21.8. The van der Waals surface area contributed by atoms with E-state index in [2.05, 4.69) is 10.2 Å². The molecule has 1 heterocycles. The van der Waals surface area contributed by atoms with Crippen LogP contribution in [0, 0.1) is 0 Å². The minimum Gasteiger partial charge on any atom is -0.497 e. The standard InChI is InChI=1S/C23H19Cl2N3O2S/c1-29-19-9-4-15(5-10-19)22-26-27-23(28(22)18-7-11-20(30-2)12-8-18)31-14-16-3-6-17(24)13-21(16)25/h3-13H,14H2,1-2H3. The summed E-state index contributed by atoms with van der Waals surface area (Å²) in [5, 5.41) is 10.9. The lowest BCUT2D eigenvalue weighted by Gasteiger charge is -2.12. The lowest BCUT2D eigenvalue weighted by molar-refractivity contribution is 0.414. The summed E-state index contributed by atoms with van der Waals surface area (Å²) < 4.78 is 12.6. The number of thioether (sulfide) groups is 1. The van der Waals surface area contributed by atoms with E-state index in [0.717, 1.165) is 39.3 Å². The number of rotatable bonds is 7. The average molecular weight is 472 g/mol. The van der Waals surface area contributed by atoms with Crippen LogP contribution >= 0.6 is 35.0 Å². The Morgan fingerprint density at radius 1 is 0.839 bits per heavy atom. The van der Waals surface area contributed by atoms with E-state index in [1.165, 1.54) is 0 Å². The molecule has 0 aliphatic rings. The second-order valence-electron chi connectivity index (χ2n) is 6.59. The van der Waals surface area contributed by atoms with Gasteiger partial charge in [-0.15, -0.1) is 10.2 Å². The first-order chi connectivity index (χ1) is 15.1. The van der Waals surface area contributed by atoms with Gasteiger partial charge in [0.25, 0.3) is 0 Å². The highest BCUT2D eigenvalue weighted by molar-refractivity contribution is 7.98. The van der Waals surface area contributed by atoms with Crippen molar-refractivity contribution in [2.24, 2.45) is 0 Å². The normalized spacial score (nSPS) is 10.8. The third-order valence-electron chi connectivity index (χ3n) is 4.68. The SMILES string of the molecule is COc1ccc(-c2nnc(SCc3ccc(Cl)cc3Cl)n2-c2ccc(OC)cc2)cc1. The minimum atomic E-state index is 0.613. The fourth-order valence-electron chi connectivity index (χ4n) is 3.04. The maximum Gasteiger partial charge on any atom is 0.196 e. The van der Waals surface area contributed by atoms with Crippen molar-refractivity contribution < 1.29 is 9.47 Å². The van der Waals surface area contributed by atoms with Crippen molar-refractivity contribution in [2.45, 2.75) is 10.9 Å². The van der Waals surface area contributed by atoms with Crippen LogP contribution in [0.25, 0.3) is 17.1 Å². The molecular weight excluding hydrogens is 453 g/mol. The number of ether oxygens (including phenoxy) is 2. The molecule has 0 bridgehead atoms. The number of halogens is 2. The quantitative estimate of drug-likeness (QED) is 0.286. The van der Waals surface area contributed by atoms with Crippen molar-refractivity contribution in [3.05, 3.63) is 82.3 Å². The summed E-state index contributed by atoms with van der Waals surface area (Å²) in [6, 6.07) is 21.0. The smallest absolute Gasteiger partial charge is 0.196 e. The van der Waals surface area contributed by atoms with Crippen LogP contribution in [0.4, 0.5) is 0 Å². The monoisotopic (exact) mass is 471 g/mol. The molecule has 4 rings (SSSR count). The summed E-state index contributed by atoms with van der Waals surface area (Å²) in [5.41, 5.74) is 2.84. The summed E-state index contributed by atoms with van der Waals surface area (Å²) in [4.78, 5) is 0. The van der Waals surface area contributed by atoms with Gasteiger partial charge in [-0.2, -0.15) is 0 Å². The highest BCUT2D eigenvalue weighted by Crippen LogP contribution is 2.33. The maximum absolute atomic E-state index is 6.35. The van der Waals surface area contributed by atoms with Gasteiger partial charge in [-0.05, 0) is 66.2 Å². The van der Waals surface area contributed by atoms with Crippen LogP contribution in [0.2, 0.25) is 10.0 Å². The Morgan fingerprint density at radius 3 is 2.10 bits per heavy atom. The van der Waals surface area contributed by atoms with E-state index in [9.17, 15) is 0 Å². The Kier molecular flexibility index (Phi) is 6.70. The molecule has 1 aromatic heterocycles. The van der Waals surface area contributed by atoms with Crippen LogP contribution in [0.15, 0.2) is 71.9 Å². The van der Waals surface area contributed by atoms with E-state index in [4.69, 9.17) is 32.7 Å². The minimum absolute atomic E-state index is 0.613. The topological polar surface area (TPSA) is 49.2 Å². The zero-order valence-electron chi connectivity index (χ0n) is 16.9. The summed E-state index contributed by atoms with van der Waals surface area (Å²) in [7, 11) is 3.29. The van der Waals surface area contributed by atoms with Crippen molar-refractivity contribution >= 4 is 35.0 Å². The number of hydrogen-bond acceptors (Lipinski definition) is 5. The van der Waals surface area contributed by atoms with Gasteiger partial charge >= 0.3 is 0 Å². The second-order valence-corrected chi connectivity index (χ2v) is 8.38. The van der Waals surface area contributed by atoms with E-state index >= 15 is 0 Å². The summed E-state index contributed by atoms with van der Waals surface area (Å²) in [6.45, 7) is 0. The van der Waals surface area contributed by atoms with Gasteiger partial charge in [-0.1, -0.05) is 41.0 Å². The summed E-state index contributed by atoms with van der Waals surface area (Å²) in [5.74, 6) is 2.93. The summed E-state index contributed by atoms with van der Waals surface area (Å²) >= 11 is 13.9. The van der Waals surface area contributed by atoms with Crippen molar-refractivity contribution in [3.63, 3.8) is 0 Å². The van der Waals surface area contributed by atoms with E-state index in [-0.39, 0.29) is 0 Å². The molecule has 4 aromatic rings. The van der Waals surface area contributed by atoms with Crippen molar-refractivity contribution in [3.8, 4) is 28.6 Å². The van der Waals surface area contributed by atoms with E-state index in [0.29, 0.717) is 15.8 Å². The predicted molar refractivity (Wildman–Crippen MR) is 126 cm³/mol. The number of methoxy groups -OCH3 is 2. The first-order valence-electron chi connectivity index (χ1n) is 9.40. The molecule has 0 amide bonds. The van der Waals surface area contributed by atoms with E-state index < -0.39 is 0 Å². The van der Waals surface area contributed by atoms with Crippen molar-refractivity contribution in [2.75, 3.05) is 14.2 Å². The fraction of sp³-hybridized carbons (Fsp3) is 0.130. The van der Waals surface area contributed by atoms with Crippen LogP contribution in [-0.4, -0.2) is 29.0 Å². The predicted octanol–water partition coefficient (Wildman–Crippen LogP) is 6.55. The molecule has 158 valence electrons. The fourth-order valence-corrected chi connectivity index (χ4v) is 4.55. The molecule has 0 radical (unpaired) electrons. The molecule has 0 atom stereocenters. The molecule has 0 saturated heterocycles. The number of aromatic nitrogens is 3. The van der Waals surface area contributed by atoms with Crippen LogP contribution < -0.4 is 9.47 Å². The Hall–Kier alpha value is -2.67. The van der Waals surface area contributed by atoms with Crippen LogP contribution in [-0.2, 0) is 5.75 Å². The molecule has 0 fully saturated rings. The zero-order valence-corrected chi connectivity index (χ0v) is 19.2. The van der Waals surface area contributed by atoms with E-state index in [1.807, 2.05) is 65.2 Å². The molecule has 0 N–H and O–H groups in total. The van der Waals surface area contributed by atoms with Gasteiger partial charge in [0.05, 0.1) is 14.2 Å². The molecule has 0 aliphatic heterocycles. The molecule has 31 heavy (non-hydrogen) atoms. The molecule has 0 saturated carbocycles. The van der Waals surface area contributed by atoms with Gasteiger partial charge in [-0.25, -0.2) is 0 Å². The van der Waals surface area contributed by atoms with Gasteiger partial charge in [-0.3, -0.25) is 4.57 Å². The Morgan fingerprint density at radius 2 is 1.48 bits per heavy atom. The molecule has 5 nitrogen and oxygen atoms in total. The van der Waals surface area contributed by atoms with Crippen molar-refractivity contribution in [1.29, 1.82) is 0 Å². The van der Waals surface area contributed by atoms with E-state index in [1.54, 1.807) is 32.0 Å². The highest BCUT2D eigenvalue weighted by atomic mass is 35.5. The van der Waals surface area contributed by atoms with Crippen LogP contribution in [0.3, 0.4) is 0 Å². The Bertz CT molecular complexity index is 1180. The highest BCUT2D eigenvalue weighted by Gasteiger charge is 2.17. The number of hydrogen-bond donors (Lipinski definition) is 0. The van der Waals surface area contributed by atoms with Crippen LogP contribution in [0.5, 0.6) is 11.5 Å². The molecule has 8 heteroatoms. The lowest BCUT2D eigenvalue weighted by Crippen LogP contribution is -2.00. The molecule has 0 aliphatic carbocycles. The van der Waals surface area contributed by atoms with Gasteiger partial charge in [0.1, 0.15) is 11.5 Å². The molecular formula is C23H19Cl2N3O2S. The van der Waals surface area contributed by atoms with Gasteiger partial charge < -0.3 is 9.47 Å². The second kappa shape index (κ2) is 9.64. The third kappa shape index (κ3) is 4.82. The third-order valence-corrected chi connectivity index (χ3v) is 6.25. The largest absolute Gasteiger partial charge is 0.497 e. The summed E-state index contributed by atoms with van der Waals surface area (Å²) in [6.07, 6.45) is 0. The molecule has 0 unspecified atom stereocenters. The first kappa shape index (κ1) is 21.6. The lowest BCUT2D eigenvalue weighted by atomic mass is 10.2. The Labute approximate surface area is 194 Å². The average Bonchev–Trinajstić information content (AvgIpc) is 3.22. The number of nitrogens with zero attached hydrogens (tertiary/aromatic N) is 3. The first-order valence-corrected chi connectivity index (χ1v) is 11.1. The van der Waals surface area contributed by atoms with Crippen LogP contribution in [0.1, 0.15) is 5.56 Å². The van der Waals surface area contributed by atoms with Gasteiger partial charge in [0, 0.05) is 27.0 Å². The number of benzene rings is 3. The Balaban J connectivity index is 1.72. The van der Waals surface area contributed by atoms with Gasteiger partial charge in [0.2, 0.25) is 0 Å². The van der Waals surface area contributed by atoms with Gasteiger partial charge in [0.15, 0.2) is 11.0 Å². The molecule has 0 spiro atoms. The van der Waals surface area contributed by atoms with Crippen molar-refractivity contribution in [1.82, 2.24) is 14.8 Å². The molecule has 3 aromatic carbocycles.